The van der Waals surface area contributed by atoms with Gasteiger partial charge in [-0.2, -0.15) is 5.10 Å². The van der Waals surface area contributed by atoms with Crippen LogP contribution in [-0.4, -0.2) is 25.7 Å². The molecule has 1 amide bonds. The standard InChI is InChI=1S/C15H21N5O2/c1-5-13-9(2)19-20(10(13)3)8-15(22)16-7-12-6-14(21)18-11(4)17-12/h6H,5,7-8H2,1-4H3,(H,16,22)(H,17,18,21). The predicted molar refractivity (Wildman–Crippen MR) is 82.5 cm³/mol. The number of H-pyrrole nitrogens is 1. The van der Waals surface area contributed by atoms with Crippen molar-refractivity contribution in [2.75, 3.05) is 0 Å². The van der Waals surface area contributed by atoms with Crippen molar-refractivity contribution in [2.24, 2.45) is 0 Å². The number of aromatic amines is 1. The molecule has 7 heteroatoms. The SMILES string of the molecule is CCc1c(C)nn(CC(=O)NCc2cc(=O)[nH]c(C)n2)c1C. The van der Waals surface area contributed by atoms with Crippen LogP contribution in [0.1, 0.15) is 35.4 Å². The quantitative estimate of drug-likeness (QED) is 0.853. The number of carbonyl (C=O) groups is 1. The van der Waals surface area contributed by atoms with Crippen LogP contribution in [0.3, 0.4) is 0 Å². The molecule has 0 fully saturated rings. The summed E-state index contributed by atoms with van der Waals surface area (Å²) < 4.78 is 1.71. The molecule has 2 rings (SSSR count). The molecule has 0 aliphatic heterocycles. The fraction of sp³-hybridized carbons (Fsp3) is 0.467. The Morgan fingerprint density at radius 1 is 1.36 bits per heavy atom. The van der Waals surface area contributed by atoms with E-state index in [1.165, 1.54) is 11.6 Å². The van der Waals surface area contributed by atoms with E-state index in [0.717, 1.165) is 17.8 Å². The maximum absolute atomic E-state index is 12.0. The van der Waals surface area contributed by atoms with Gasteiger partial charge in [-0.05, 0) is 32.8 Å². The van der Waals surface area contributed by atoms with Crippen LogP contribution in [0.5, 0.6) is 0 Å². The number of hydrogen-bond donors (Lipinski definition) is 2. The number of carbonyl (C=O) groups excluding carboxylic acids is 1. The third-order valence-corrected chi connectivity index (χ3v) is 3.56. The van der Waals surface area contributed by atoms with E-state index in [0.29, 0.717) is 11.5 Å². The first kappa shape index (κ1) is 15.9. The molecule has 0 atom stereocenters. The lowest BCUT2D eigenvalue weighted by molar-refractivity contribution is -0.122. The average molecular weight is 303 g/mol. The second-order valence-electron chi connectivity index (χ2n) is 5.26. The molecule has 118 valence electrons. The predicted octanol–water partition coefficient (Wildman–Crippen LogP) is 0.770. The van der Waals surface area contributed by atoms with Crippen molar-refractivity contribution < 1.29 is 4.79 Å². The van der Waals surface area contributed by atoms with Crippen LogP contribution in [-0.2, 0) is 24.3 Å². The molecule has 0 saturated heterocycles. The Morgan fingerprint density at radius 2 is 2.09 bits per heavy atom. The average Bonchev–Trinajstić information content (AvgIpc) is 2.69. The van der Waals surface area contributed by atoms with Crippen LogP contribution >= 0.6 is 0 Å². The first-order chi connectivity index (χ1) is 10.4. The van der Waals surface area contributed by atoms with Crippen molar-refractivity contribution in [1.29, 1.82) is 0 Å². The van der Waals surface area contributed by atoms with Crippen LogP contribution in [0.4, 0.5) is 0 Å². The highest BCUT2D eigenvalue weighted by atomic mass is 16.2. The van der Waals surface area contributed by atoms with Gasteiger partial charge in [-0.3, -0.25) is 14.3 Å². The third kappa shape index (κ3) is 3.60. The summed E-state index contributed by atoms with van der Waals surface area (Å²) in [4.78, 5) is 30.1. The first-order valence-corrected chi connectivity index (χ1v) is 7.27. The molecule has 0 aromatic carbocycles. The molecule has 0 aliphatic carbocycles. The van der Waals surface area contributed by atoms with Crippen molar-refractivity contribution in [3.05, 3.63) is 44.9 Å². The maximum Gasteiger partial charge on any atom is 0.251 e. The van der Waals surface area contributed by atoms with Gasteiger partial charge in [-0.1, -0.05) is 6.92 Å². The zero-order chi connectivity index (χ0) is 16.3. The van der Waals surface area contributed by atoms with E-state index in [9.17, 15) is 9.59 Å². The molecular formula is C15H21N5O2. The van der Waals surface area contributed by atoms with Gasteiger partial charge in [0, 0.05) is 11.8 Å². The summed E-state index contributed by atoms with van der Waals surface area (Å²) in [6.07, 6.45) is 0.898. The van der Waals surface area contributed by atoms with Gasteiger partial charge in [0.15, 0.2) is 0 Å². The maximum atomic E-state index is 12.0. The molecule has 0 radical (unpaired) electrons. The Kier molecular flexibility index (Phi) is 4.75. The van der Waals surface area contributed by atoms with Gasteiger partial charge in [0.2, 0.25) is 5.91 Å². The molecule has 0 spiro atoms. The van der Waals surface area contributed by atoms with E-state index in [2.05, 4.69) is 27.3 Å². The largest absolute Gasteiger partial charge is 0.349 e. The fourth-order valence-corrected chi connectivity index (χ4v) is 2.51. The monoisotopic (exact) mass is 303 g/mol. The van der Waals surface area contributed by atoms with Crippen LogP contribution in [0.15, 0.2) is 10.9 Å². The van der Waals surface area contributed by atoms with E-state index in [1.807, 2.05) is 13.8 Å². The molecule has 2 N–H and O–H groups in total. The molecule has 0 unspecified atom stereocenters. The molecule has 2 aromatic rings. The van der Waals surface area contributed by atoms with E-state index in [4.69, 9.17) is 0 Å². The zero-order valence-electron chi connectivity index (χ0n) is 13.4. The minimum absolute atomic E-state index is 0.159. The first-order valence-electron chi connectivity index (χ1n) is 7.27. The van der Waals surface area contributed by atoms with E-state index < -0.39 is 0 Å². The summed E-state index contributed by atoms with van der Waals surface area (Å²) in [6, 6.07) is 1.38. The van der Waals surface area contributed by atoms with Gasteiger partial charge < -0.3 is 10.3 Å². The van der Waals surface area contributed by atoms with E-state index in [1.54, 1.807) is 11.6 Å². The van der Waals surface area contributed by atoms with Crippen molar-refractivity contribution in [3.63, 3.8) is 0 Å². The van der Waals surface area contributed by atoms with Crippen LogP contribution in [0.2, 0.25) is 0 Å². The molecule has 0 saturated carbocycles. The zero-order valence-corrected chi connectivity index (χ0v) is 13.4. The van der Waals surface area contributed by atoms with Crippen molar-refractivity contribution in [3.8, 4) is 0 Å². The highest BCUT2D eigenvalue weighted by molar-refractivity contribution is 5.75. The summed E-state index contributed by atoms with van der Waals surface area (Å²) in [6.45, 7) is 8.08. The van der Waals surface area contributed by atoms with Gasteiger partial charge in [-0.25, -0.2) is 4.98 Å². The topological polar surface area (TPSA) is 92.7 Å². The Balaban J connectivity index is 2.00. The van der Waals surface area contributed by atoms with Crippen LogP contribution < -0.4 is 10.9 Å². The second-order valence-corrected chi connectivity index (χ2v) is 5.26. The van der Waals surface area contributed by atoms with Gasteiger partial charge >= 0.3 is 0 Å². The normalized spacial score (nSPS) is 10.7. The number of nitrogens with zero attached hydrogens (tertiary/aromatic N) is 3. The fourth-order valence-electron chi connectivity index (χ4n) is 2.51. The number of rotatable bonds is 5. The van der Waals surface area contributed by atoms with Gasteiger partial charge in [-0.15, -0.1) is 0 Å². The summed E-state index contributed by atoms with van der Waals surface area (Å²) in [5, 5.41) is 7.15. The number of aromatic nitrogens is 4. The van der Waals surface area contributed by atoms with Crippen LogP contribution in [0, 0.1) is 20.8 Å². The summed E-state index contributed by atoms with van der Waals surface area (Å²) in [7, 11) is 0. The van der Waals surface area contributed by atoms with Gasteiger partial charge in [0.25, 0.3) is 5.56 Å². The number of amides is 1. The number of nitrogens with one attached hydrogen (secondary N) is 2. The lowest BCUT2D eigenvalue weighted by Crippen LogP contribution is -2.29. The Labute approximate surface area is 128 Å². The highest BCUT2D eigenvalue weighted by Crippen LogP contribution is 2.13. The summed E-state index contributed by atoms with van der Waals surface area (Å²) in [5.74, 6) is 0.371. The lowest BCUT2D eigenvalue weighted by atomic mass is 10.1. The molecule has 0 bridgehead atoms. The van der Waals surface area contributed by atoms with Crippen molar-refractivity contribution >= 4 is 5.91 Å². The summed E-state index contributed by atoms with van der Waals surface area (Å²) in [5.41, 5.74) is 3.47. The Morgan fingerprint density at radius 3 is 2.68 bits per heavy atom. The Bertz CT molecular complexity index is 745. The van der Waals surface area contributed by atoms with Gasteiger partial charge in [0.1, 0.15) is 12.4 Å². The lowest BCUT2D eigenvalue weighted by Gasteiger charge is -2.07. The van der Waals surface area contributed by atoms with Crippen molar-refractivity contribution in [2.45, 2.75) is 47.2 Å². The van der Waals surface area contributed by atoms with Crippen molar-refractivity contribution in [1.82, 2.24) is 25.1 Å². The van der Waals surface area contributed by atoms with E-state index in [-0.39, 0.29) is 24.6 Å². The molecule has 22 heavy (non-hydrogen) atoms. The molecule has 2 heterocycles. The highest BCUT2D eigenvalue weighted by Gasteiger charge is 2.12. The second kappa shape index (κ2) is 6.55. The number of hydrogen-bond acceptors (Lipinski definition) is 4. The minimum atomic E-state index is -0.220. The Hall–Kier alpha value is -2.44. The summed E-state index contributed by atoms with van der Waals surface area (Å²) >= 11 is 0. The molecule has 2 aromatic heterocycles. The third-order valence-electron chi connectivity index (χ3n) is 3.56. The number of aryl methyl sites for hydroxylation is 2. The van der Waals surface area contributed by atoms with Crippen LogP contribution in [0.25, 0.3) is 0 Å². The molecule has 0 aliphatic rings. The molecular weight excluding hydrogens is 282 g/mol. The smallest absolute Gasteiger partial charge is 0.251 e. The minimum Gasteiger partial charge on any atom is -0.349 e. The van der Waals surface area contributed by atoms with E-state index >= 15 is 0 Å². The van der Waals surface area contributed by atoms with Gasteiger partial charge in [0.05, 0.1) is 17.9 Å². The molecule has 7 nitrogen and oxygen atoms in total.